The maximum absolute atomic E-state index is 12.8. The Morgan fingerprint density at radius 2 is 0.662 bits per heavy atom. The first-order valence-electron chi connectivity index (χ1n) is 27.6. The first-order chi connectivity index (χ1) is 33.5. The molecule has 0 aromatic heterocycles. The van der Waals surface area contributed by atoms with Gasteiger partial charge >= 0.3 is 17.9 Å². The van der Waals surface area contributed by atoms with Crippen LogP contribution in [-0.2, 0) is 28.6 Å². The van der Waals surface area contributed by atoms with E-state index in [4.69, 9.17) is 14.2 Å². The van der Waals surface area contributed by atoms with Gasteiger partial charge < -0.3 is 14.2 Å². The van der Waals surface area contributed by atoms with Crippen LogP contribution in [0.25, 0.3) is 0 Å². The van der Waals surface area contributed by atoms with Crippen LogP contribution in [0.3, 0.4) is 0 Å². The Kier molecular flexibility index (Phi) is 52.0. The molecule has 0 aliphatic heterocycles. The first-order valence-corrected chi connectivity index (χ1v) is 27.6. The molecule has 1 atom stereocenters. The lowest BCUT2D eigenvalue weighted by molar-refractivity contribution is -0.166. The molecule has 0 radical (unpaired) electrons. The molecule has 0 aromatic rings. The van der Waals surface area contributed by atoms with E-state index < -0.39 is 6.10 Å². The largest absolute Gasteiger partial charge is 0.462 e. The maximum Gasteiger partial charge on any atom is 0.306 e. The minimum Gasteiger partial charge on any atom is -0.462 e. The Hall–Kier alpha value is -4.19. The highest BCUT2D eigenvalue weighted by atomic mass is 16.6. The fourth-order valence-corrected chi connectivity index (χ4v) is 7.19. The summed E-state index contributed by atoms with van der Waals surface area (Å²) in [4.78, 5) is 38.1. The van der Waals surface area contributed by atoms with E-state index in [1.807, 2.05) is 12.2 Å². The number of carbonyl (C=O) groups is 3. The number of hydrogen-bond donors (Lipinski definition) is 0. The van der Waals surface area contributed by atoms with Crippen LogP contribution in [0.1, 0.15) is 233 Å². The van der Waals surface area contributed by atoms with E-state index in [-0.39, 0.29) is 44.0 Å². The number of rotatable bonds is 48. The summed E-state index contributed by atoms with van der Waals surface area (Å²) in [5.41, 5.74) is 0. The third-order valence-electron chi connectivity index (χ3n) is 11.3. The maximum atomic E-state index is 12.8. The highest BCUT2D eigenvalue weighted by molar-refractivity contribution is 5.71. The second-order valence-electron chi connectivity index (χ2n) is 17.9. The number of allylic oxidation sites excluding steroid dienone is 20. The Labute approximate surface area is 418 Å². The second-order valence-corrected chi connectivity index (χ2v) is 17.9. The highest BCUT2D eigenvalue weighted by Crippen LogP contribution is 2.14. The molecule has 0 N–H and O–H groups in total. The van der Waals surface area contributed by atoms with E-state index in [1.165, 1.54) is 83.5 Å². The Morgan fingerprint density at radius 1 is 0.324 bits per heavy atom. The van der Waals surface area contributed by atoms with Crippen molar-refractivity contribution in [3.63, 3.8) is 0 Å². The quantitative estimate of drug-likeness (QED) is 0.0199. The van der Waals surface area contributed by atoms with Gasteiger partial charge in [-0.05, 0) is 83.5 Å². The topological polar surface area (TPSA) is 78.9 Å². The molecule has 68 heavy (non-hydrogen) atoms. The lowest BCUT2D eigenvalue weighted by Gasteiger charge is -2.18. The van der Waals surface area contributed by atoms with Crippen molar-refractivity contribution >= 4 is 17.9 Å². The standard InChI is InChI=1S/C62H100O6/c1-4-7-10-13-16-19-22-25-27-29-31-33-34-37-40-43-46-49-52-55-61(64)67-58-59(57-66-60(63)54-51-48-45-42-39-36-24-21-18-15-12-9-6-3)68-62(65)56-53-50-47-44-41-38-35-32-30-28-26-23-20-17-14-11-8-5-2/h7,10,16-17,19-20,23,25-28,30-33,35,37,40,46,49,59H,4-6,8-9,11-15,18,21-22,24,29,34,36,38-39,41-45,47-48,50-58H2,1-3H3/b10-7-,19-16-,20-17-,26-23-,27-25-,30-28-,33-31-,35-32-,40-37-,49-46-. The van der Waals surface area contributed by atoms with Gasteiger partial charge in [0.15, 0.2) is 6.10 Å². The van der Waals surface area contributed by atoms with Crippen molar-refractivity contribution in [3.05, 3.63) is 122 Å². The van der Waals surface area contributed by atoms with Crippen LogP contribution in [0, 0.1) is 0 Å². The molecule has 384 valence electrons. The van der Waals surface area contributed by atoms with E-state index in [2.05, 4.69) is 130 Å². The fraction of sp³-hybridized carbons (Fsp3) is 0.629. The van der Waals surface area contributed by atoms with Crippen LogP contribution in [0.5, 0.6) is 0 Å². The van der Waals surface area contributed by atoms with Crippen molar-refractivity contribution in [1.29, 1.82) is 0 Å². The summed E-state index contributed by atoms with van der Waals surface area (Å²) >= 11 is 0. The molecule has 0 spiro atoms. The number of esters is 3. The van der Waals surface area contributed by atoms with Gasteiger partial charge in [0.1, 0.15) is 13.2 Å². The zero-order valence-corrected chi connectivity index (χ0v) is 43.8. The van der Waals surface area contributed by atoms with Gasteiger partial charge in [-0.15, -0.1) is 0 Å². The molecule has 1 unspecified atom stereocenters. The third-order valence-corrected chi connectivity index (χ3v) is 11.3. The van der Waals surface area contributed by atoms with Gasteiger partial charge in [0.25, 0.3) is 0 Å². The van der Waals surface area contributed by atoms with Gasteiger partial charge in [-0.25, -0.2) is 0 Å². The predicted molar refractivity (Wildman–Crippen MR) is 293 cm³/mol. The molecule has 0 aliphatic carbocycles. The van der Waals surface area contributed by atoms with Gasteiger partial charge in [0.2, 0.25) is 0 Å². The molecule has 0 amide bonds. The minimum atomic E-state index is -0.823. The van der Waals surface area contributed by atoms with Crippen molar-refractivity contribution < 1.29 is 28.6 Å². The zero-order valence-electron chi connectivity index (χ0n) is 43.8. The van der Waals surface area contributed by atoms with Crippen LogP contribution in [0.2, 0.25) is 0 Å². The van der Waals surface area contributed by atoms with Crippen molar-refractivity contribution in [2.24, 2.45) is 0 Å². The summed E-state index contributed by atoms with van der Waals surface area (Å²) < 4.78 is 16.7. The van der Waals surface area contributed by atoms with Crippen molar-refractivity contribution in [2.75, 3.05) is 13.2 Å². The van der Waals surface area contributed by atoms with E-state index in [1.54, 1.807) is 0 Å². The second kappa shape index (κ2) is 55.4. The van der Waals surface area contributed by atoms with Crippen LogP contribution < -0.4 is 0 Å². The number of ether oxygens (including phenoxy) is 3. The lowest BCUT2D eigenvalue weighted by atomic mass is 10.0. The SMILES string of the molecule is CC/C=C\C/C=C\C/C=C\C/C=C\C/C=C\C/C=C\CCC(=O)OCC(COC(=O)CCCCCCCCCCCCCCC)OC(=O)CCCCCCC\C=C/C=C\C=C/C=C\CCCCC. The summed E-state index contributed by atoms with van der Waals surface area (Å²) in [6.45, 7) is 6.39. The zero-order chi connectivity index (χ0) is 49.3. The Morgan fingerprint density at radius 3 is 1.12 bits per heavy atom. The van der Waals surface area contributed by atoms with E-state index in [0.717, 1.165) is 103 Å². The molecule has 0 fully saturated rings. The van der Waals surface area contributed by atoms with Gasteiger partial charge in [0.05, 0.1) is 0 Å². The van der Waals surface area contributed by atoms with Gasteiger partial charge in [-0.3, -0.25) is 14.4 Å². The molecule has 0 heterocycles. The Balaban J connectivity index is 4.56. The van der Waals surface area contributed by atoms with Crippen LogP contribution in [0.4, 0.5) is 0 Å². The van der Waals surface area contributed by atoms with Gasteiger partial charge in [-0.2, -0.15) is 0 Å². The predicted octanol–water partition coefficient (Wildman–Crippen LogP) is 18.5. The molecule has 0 rings (SSSR count). The van der Waals surface area contributed by atoms with Crippen LogP contribution >= 0.6 is 0 Å². The molecular formula is C62H100O6. The summed E-state index contributed by atoms with van der Waals surface area (Å²) in [7, 11) is 0. The molecule has 0 saturated carbocycles. The monoisotopic (exact) mass is 941 g/mol. The average molecular weight is 941 g/mol. The Bertz CT molecular complexity index is 1450. The van der Waals surface area contributed by atoms with E-state index >= 15 is 0 Å². The van der Waals surface area contributed by atoms with Crippen molar-refractivity contribution in [1.82, 2.24) is 0 Å². The molecule has 6 heteroatoms. The number of carbonyl (C=O) groups excluding carboxylic acids is 3. The lowest BCUT2D eigenvalue weighted by Crippen LogP contribution is -2.30. The third kappa shape index (κ3) is 52.8. The van der Waals surface area contributed by atoms with Crippen LogP contribution in [0.15, 0.2) is 122 Å². The average Bonchev–Trinajstić information content (AvgIpc) is 3.34. The first kappa shape index (κ1) is 63.8. The number of unbranched alkanes of at least 4 members (excludes halogenated alkanes) is 20. The molecule has 0 bridgehead atoms. The van der Waals surface area contributed by atoms with E-state index in [9.17, 15) is 14.4 Å². The molecule has 6 nitrogen and oxygen atoms in total. The molecule has 0 aliphatic rings. The number of hydrogen-bond acceptors (Lipinski definition) is 6. The van der Waals surface area contributed by atoms with Gasteiger partial charge in [0, 0.05) is 19.3 Å². The van der Waals surface area contributed by atoms with Crippen LogP contribution in [-0.4, -0.2) is 37.2 Å². The summed E-state index contributed by atoms with van der Waals surface area (Å²) in [6, 6.07) is 0. The normalized spacial score (nSPS) is 13.0. The van der Waals surface area contributed by atoms with E-state index in [0.29, 0.717) is 12.8 Å². The smallest absolute Gasteiger partial charge is 0.306 e. The fourth-order valence-electron chi connectivity index (χ4n) is 7.19. The summed E-state index contributed by atoms with van der Waals surface area (Å²) in [6.07, 6.45) is 76.2. The summed E-state index contributed by atoms with van der Waals surface area (Å²) in [5.74, 6) is -1.03. The molecular weight excluding hydrogens is 841 g/mol. The van der Waals surface area contributed by atoms with Crippen molar-refractivity contribution in [2.45, 2.75) is 239 Å². The minimum absolute atomic E-state index is 0.112. The molecule has 0 saturated heterocycles. The highest BCUT2D eigenvalue weighted by Gasteiger charge is 2.19. The summed E-state index contributed by atoms with van der Waals surface area (Å²) in [5, 5.41) is 0. The van der Waals surface area contributed by atoms with Crippen molar-refractivity contribution in [3.8, 4) is 0 Å². The molecule has 0 aromatic carbocycles. The van der Waals surface area contributed by atoms with Gasteiger partial charge in [-0.1, -0.05) is 251 Å².